The molecule has 9 nitrogen and oxygen atoms in total. The predicted molar refractivity (Wildman–Crippen MR) is 118 cm³/mol. The van der Waals surface area contributed by atoms with E-state index in [-0.39, 0.29) is 16.2 Å². The van der Waals surface area contributed by atoms with Crippen LogP contribution in [0.4, 0.5) is 5.69 Å². The number of esters is 1. The fourth-order valence-corrected chi connectivity index (χ4v) is 5.25. The van der Waals surface area contributed by atoms with Gasteiger partial charge in [0, 0.05) is 25.2 Å². The first-order valence-corrected chi connectivity index (χ1v) is 12.6. The molecule has 0 fully saturated rings. The number of anilines is 1. The van der Waals surface area contributed by atoms with Gasteiger partial charge in [-0.3, -0.25) is 4.79 Å². The van der Waals surface area contributed by atoms with Crippen molar-refractivity contribution in [2.24, 2.45) is 0 Å². The zero-order chi connectivity index (χ0) is 23.5. The first-order chi connectivity index (χ1) is 15.0. The molecule has 0 aromatic heterocycles. The summed E-state index contributed by atoms with van der Waals surface area (Å²) in [5, 5.41) is 1.07. The third kappa shape index (κ3) is 5.23. The van der Waals surface area contributed by atoms with Crippen molar-refractivity contribution < 1.29 is 31.2 Å². The minimum atomic E-state index is -3.64. The highest BCUT2D eigenvalue weighted by Gasteiger charge is 2.32. The van der Waals surface area contributed by atoms with Crippen LogP contribution in [0.15, 0.2) is 71.0 Å². The van der Waals surface area contributed by atoms with E-state index in [9.17, 15) is 26.4 Å². The van der Waals surface area contributed by atoms with Crippen LogP contribution >= 0.6 is 0 Å². The maximum atomic E-state index is 12.9. The molecule has 1 heterocycles. The highest BCUT2D eigenvalue weighted by Crippen LogP contribution is 2.23. The summed E-state index contributed by atoms with van der Waals surface area (Å²) >= 11 is 0. The second kappa shape index (κ2) is 9.23. The van der Waals surface area contributed by atoms with Gasteiger partial charge < -0.3 is 9.64 Å². The van der Waals surface area contributed by atoms with Crippen molar-refractivity contribution in [2.45, 2.75) is 10.9 Å². The molecule has 32 heavy (non-hydrogen) atoms. The van der Waals surface area contributed by atoms with Gasteiger partial charge in [0.15, 0.2) is 16.4 Å². The van der Waals surface area contributed by atoms with E-state index in [4.69, 9.17) is 4.74 Å². The molecule has 0 saturated heterocycles. The lowest BCUT2D eigenvalue weighted by molar-refractivity contribution is -0.121. The van der Waals surface area contributed by atoms with Crippen molar-refractivity contribution in [3.8, 4) is 0 Å². The Morgan fingerprint density at radius 3 is 2.19 bits per heavy atom. The first-order valence-electron chi connectivity index (χ1n) is 9.49. The van der Waals surface area contributed by atoms with Crippen molar-refractivity contribution in [3.63, 3.8) is 0 Å². The van der Waals surface area contributed by atoms with Gasteiger partial charge in [0.25, 0.3) is 5.91 Å². The lowest BCUT2D eigenvalue weighted by Gasteiger charge is -2.27. The molecule has 0 saturated carbocycles. The van der Waals surface area contributed by atoms with Gasteiger partial charge in [-0.15, -0.1) is 0 Å². The van der Waals surface area contributed by atoms with Gasteiger partial charge in [0.1, 0.15) is 0 Å². The Labute approximate surface area is 186 Å². The number of amides is 1. The Kier molecular flexibility index (Phi) is 6.82. The van der Waals surface area contributed by atoms with Crippen LogP contribution in [0.1, 0.15) is 10.4 Å². The molecule has 0 aliphatic carbocycles. The highest BCUT2D eigenvalue weighted by molar-refractivity contribution is 7.94. The maximum Gasteiger partial charge on any atom is 0.338 e. The summed E-state index contributed by atoms with van der Waals surface area (Å²) in [5.74, 6) is -1.67. The number of rotatable bonds is 7. The predicted octanol–water partition coefficient (Wildman–Crippen LogP) is 1.44. The summed E-state index contributed by atoms with van der Waals surface area (Å²) in [6.45, 7) is -0.615. The smallest absolute Gasteiger partial charge is 0.338 e. The third-order valence-electron chi connectivity index (χ3n) is 4.74. The normalized spacial score (nSPS) is 17.3. The van der Waals surface area contributed by atoms with Crippen LogP contribution in [0.25, 0.3) is 0 Å². The van der Waals surface area contributed by atoms with Crippen molar-refractivity contribution >= 4 is 37.4 Å². The summed E-state index contributed by atoms with van der Waals surface area (Å²) in [6, 6.07) is 12.9. The van der Waals surface area contributed by atoms with Crippen molar-refractivity contribution in [1.82, 2.24) is 4.31 Å². The number of carbonyl (C=O) groups excluding carboxylic acids is 2. The second-order valence-corrected chi connectivity index (χ2v) is 11.3. The molecule has 0 bridgehead atoms. The monoisotopic (exact) mass is 478 g/mol. The highest BCUT2D eigenvalue weighted by atomic mass is 32.2. The van der Waals surface area contributed by atoms with Crippen molar-refractivity contribution in [3.05, 3.63) is 71.6 Å². The Bertz CT molecular complexity index is 1240. The Balaban J connectivity index is 1.72. The van der Waals surface area contributed by atoms with Gasteiger partial charge in [-0.25, -0.2) is 25.9 Å². The molecule has 1 aliphatic rings. The number of sulfonamides is 1. The van der Waals surface area contributed by atoms with E-state index >= 15 is 0 Å². The Morgan fingerprint density at radius 2 is 1.66 bits per heavy atom. The molecular formula is C21H22N2O7S2. The van der Waals surface area contributed by atoms with Crippen LogP contribution < -0.4 is 4.90 Å². The quantitative estimate of drug-likeness (QED) is 0.553. The molecule has 2 aromatic carbocycles. The number of hydrogen-bond donors (Lipinski definition) is 0. The van der Waals surface area contributed by atoms with Gasteiger partial charge >= 0.3 is 5.97 Å². The molecule has 2 aromatic rings. The molecule has 0 unspecified atom stereocenters. The molecule has 170 valence electrons. The lowest BCUT2D eigenvalue weighted by Crippen LogP contribution is -2.43. The SMILES string of the molecule is CN(C)S(=O)(=O)c1ccc(C(=O)OCC(=O)N(c2ccccc2)[C@H]2C=CS(=O)(=O)C2)cc1. The van der Waals surface area contributed by atoms with E-state index in [0.717, 1.165) is 9.71 Å². The van der Waals surface area contributed by atoms with Crippen LogP contribution in [0.3, 0.4) is 0 Å². The van der Waals surface area contributed by atoms with E-state index in [2.05, 4.69) is 0 Å². The largest absolute Gasteiger partial charge is 0.452 e. The molecule has 11 heteroatoms. The zero-order valence-electron chi connectivity index (χ0n) is 17.4. The zero-order valence-corrected chi connectivity index (χ0v) is 19.0. The van der Waals surface area contributed by atoms with E-state index in [0.29, 0.717) is 5.69 Å². The summed E-state index contributed by atoms with van der Waals surface area (Å²) in [6.07, 6.45) is 1.42. The molecular weight excluding hydrogens is 456 g/mol. The minimum absolute atomic E-state index is 0.0135. The summed E-state index contributed by atoms with van der Waals surface area (Å²) in [4.78, 5) is 26.5. The standard InChI is InChI=1S/C21H22N2O7S2/c1-22(2)32(28,29)19-10-8-16(9-11-19)21(25)30-14-20(24)23(17-6-4-3-5-7-17)18-12-13-31(26,27)15-18/h3-13,18H,14-15H2,1-2H3/t18-/m0/s1. The summed E-state index contributed by atoms with van der Waals surface area (Å²) in [7, 11) is -4.26. The van der Waals surface area contributed by atoms with Crippen molar-refractivity contribution in [1.29, 1.82) is 0 Å². The van der Waals surface area contributed by atoms with Crippen LogP contribution in [0, 0.1) is 0 Å². The Hall–Kier alpha value is -3.02. The van der Waals surface area contributed by atoms with Crippen LogP contribution in [-0.2, 0) is 29.4 Å². The van der Waals surface area contributed by atoms with Crippen LogP contribution in [0.5, 0.6) is 0 Å². The average Bonchev–Trinajstić information content (AvgIpc) is 3.12. The summed E-state index contributed by atoms with van der Waals surface area (Å²) < 4.78 is 54.1. The van der Waals surface area contributed by atoms with Gasteiger partial charge in [0.2, 0.25) is 10.0 Å². The second-order valence-electron chi connectivity index (χ2n) is 7.21. The molecule has 1 amide bonds. The Morgan fingerprint density at radius 1 is 1.03 bits per heavy atom. The molecule has 0 radical (unpaired) electrons. The van der Waals surface area contributed by atoms with Gasteiger partial charge in [0.05, 0.1) is 22.3 Å². The topological polar surface area (TPSA) is 118 Å². The number of para-hydroxylation sites is 1. The molecule has 1 atom stereocenters. The van der Waals surface area contributed by atoms with E-state index < -0.39 is 44.4 Å². The maximum absolute atomic E-state index is 12.9. The fraction of sp³-hybridized carbons (Fsp3) is 0.238. The fourth-order valence-electron chi connectivity index (χ4n) is 3.08. The molecule has 0 N–H and O–H groups in total. The number of ether oxygens (including phenoxy) is 1. The van der Waals surface area contributed by atoms with E-state index in [1.165, 1.54) is 49.3 Å². The van der Waals surface area contributed by atoms with E-state index in [1.807, 2.05) is 0 Å². The number of sulfone groups is 1. The third-order valence-corrected chi connectivity index (χ3v) is 7.95. The molecule has 0 spiro atoms. The summed E-state index contributed by atoms with van der Waals surface area (Å²) in [5.41, 5.74) is 0.545. The molecule has 3 rings (SSSR count). The van der Waals surface area contributed by atoms with Crippen molar-refractivity contribution in [2.75, 3.05) is 31.4 Å². The number of hydrogen-bond acceptors (Lipinski definition) is 7. The number of carbonyl (C=O) groups is 2. The number of benzene rings is 2. The average molecular weight is 479 g/mol. The number of nitrogens with zero attached hydrogens (tertiary/aromatic N) is 2. The van der Waals surface area contributed by atoms with Gasteiger partial charge in [-0.2, -0.15) is 0 Å². The van der Waals surface area contributed by atoms with Crippen LogP contribution in [0.2, 0.25) is 0 Å². The van der Waals surface area contributed by atoms with Gasteiger partial charge in [-0.1, -0.05) is 18.2 Å². The first kappa shape index (κ1) is 23.6. The minimum Gasteiger partial charge on any atom is -0.452 e. The lowest BCUT2D eigenvalue weighted by atomic mass is 10.2. The van der Waals surface area contributed by atoms with E-state index in [1.54, 1.807) is 30.3 Å². The van der Waals surface area contributed by atoms with Crippen LogP contribution in [-0.4, -0.2) is 65.5 Å². The van der Waals surface area contributed by atoms with Gasteiger partial charge in [-0.05, 0) is 42.5 Å². The molecule has 1 aliphatic heterocycles.